The van der Waals surface area contributed by atoms with Gasteiger partial charge in [0, 0.05) is 5.92 Å². The van der Waals surface area contributed by atoms with E-state index >= 15 is 0 Å². The van der Waals surface area contributed by atoms with Gasteiger partial charge in [-0.3, -0.25) is 0 Å². The molecular weight excluding hydrogens is 306 g/mol. The number of nitriles is 1. The van der Waals surface area contributed by atoms with E-state index in [-0.39, 0.29) is 0 Å². The average Bonchev–Trinajstić information content (AvgIpc) is 2.69. The van der Waals surface area contributed by atoms with Crippen LogP contribution in [0.1, 0.15) is 62.5 Å². The topological polar surface area (TPSA) is 33.0 Å². The van der Waals surface area contributed by atoms with Gasteiger partial charge in [0.25, 0.3) is 0 Å². The first-order chi connectivity index (χ1) is 12.3. The molecule has 2 nitrogen and oxygen atoms in total. The fourth-order valence-corrected chi connectivity index (χ4v) is 3.60. The van der Waals surface area contributed by atoms with Crippen molar-refractivity contribution < 1.29 is 4.74 Å². The van der Waals surface area contributed by atoms with Gasteiger partial charge in [-0.05, 0) is 48.1 Å². The molecule has 0 spiro atoms. The highest BCUT2D eigenvalue weighted by Gasteiger charge is 2.22. The zero-order chi connectivity index (χ0) is 17.5. The fraction of sp³-hybridized carbons (Fsp3) is 0.435. The minimum absolute atomic E-state index is 0.473. The van der Waals surface area contributed by atoms with Crippen LogP contribution >= 0.6 is 0 Å². The summed E-state index contributed by atoms with van der Waals surface area (Å²) in [6.45, 7) is 3.10. The lowest BCUT2D eigenvalue weighted by molar-refractivity contribution is -0.00207. The summed E-state index contributed by atoms with van der Waals surface area (Å²) in [5, 5.41) is 8.90. The van der Waals surface area contributed by atoms with Gasteiger partial charge in [-0.15, -0.1) is 0 Å². The number of hydrogen-bond acceptors (Lipinski definition) is 2. The maximum absolute atomic E-state index is 8.90. The van der Waals surface area contributed by atoms with Crippen molar-refractivity contribution in [2.75, 3.05) is 6.61 Å². The number of benzene rings is 2. The molecule has 0 saturated carbocycles. The number of unbranched alkanes of at least 4 members (excludes halogenated alkanes) is 2. The molecule has 1 aliphatic heterocycles. The van der Waals surface area contributed by atoms with Gasteiger partial charge in [-0.25, -0.2) is 0 Å². The largest absolute Gasteiger partial charge is 0.378 e. The second-order valence-electron chi connectivity index (χ2n) is 7.04. The van der Waals surface area contributed by atoms with Gasteiger partial charge < -0.3 is 4.74 Å². The van der Waals surface area contributed by atoms with E-state index in [9.17, 15) is 0 Å². The third-order valence-electron chi connectivity index (χ3n) is 5.23. The quantitative estimate of drug-likeness (QED) is 0.601. The molecule has 0 aromatic heterocycles. The van der Waals surface area contributed by atoms with E-state index < -0.39 is 0 Å². The number of nitrogens with zero attached hydrogens (tertiary/aromatic N) is 1. The highest BCUT2D eigenvalue weighted by Crippen LogP contribution is 2.31. The number of hydrogen-bond donors (Lipinski definition) is 0. The highest BCUT2D eigenvalue weighted by atomic mass is 16.5. The Morgan fingerprint density at radius 1 is 0.960 bits per heavy atom. The maximum atomic E-state index is 8.90. The van der Waals surface area contributed by atoms with Gasteiger partial charge >= 0.3 is 0 Å². The van der Waals surface area contributed by atoms with Crippen LogP contribution in [0.2, 0.25) is 0 Å². The Hall–Kier alpha value is -2.11. The Morgan fingerprint density at radius 3 is 2.20 bits per heavy atom. The molecule has 2 aromatic carbocycles. The highest BCUT2D eigenvalue weighted by molar-refractivity contribution is 5.64. The maximum Gasteiger partial charge on any atom is 0.0991 e. The normalized spacial score (nSPS) is 20.2. The van der Waals surface area contributed by atoms with Crippen molar-refractivity contribution in [1.82, 2.24) is 0 Å². The van der Waals surface area contributed by atoms with Crippen LogP contribution in [-0.2, 0) is 4.74 Å². The van der Waals surface area contributed by atoms with Gasteiger partial charge in [-0.2, -0.15) is 5.26 Å². The SMILES string of the molecule is CCCCCC1CCC(c2ccc(-c3ccc(C#N)cc3)cc2)CO1. The standard InChI is InChI=1S/C23H27NO/c1-2-3-4-5-23-15-14-22(17-25-23)21-12-10-20(11-13-21)19-8-6-18(16-24)7-9-19/h6-13,22-23H,2-5,14-15,17H2,1H3. The van der Waals surface area contributed by atoms with Gasteiger partial charge in [0.15, 0.2) is 0 Å². The molecule has 2 atom stereocenters. The van der Waals surface area contributed by atoms with Crippen molar-refractivity contribution in [1.29, 1.82) is 5.26 Å². The van der Waals surface area contributed by atoms with E-state index in [4.69, 9.17) is 10.00 Å². The summed E-state index contributed by atoms with van der Waals surface area (Å²) >= 11 is 0. The van der Waals surface area contributed by atoms with E-state index in [0.717, 1.165) is 12.2 Å². The zero-order valence-corrected chi connectivity index (χ0v) is 15.1. The molecule has 0 bridgehead atoms. The van der Waals surface area contributed by atoms with Crippen molar-refractivity contribution in [2.24, 2.45) is 0 Å². The van der Waals surface area contributed by atoms with Gasteiger partial charge in [0.05, 0.1) is 24.3 Å². The Morgan fingerprint density at radius 2 is 1.64 bits per heavy atom. The van der Waals surface area contributed by atoms with Crippen LogP contribution in [0.3, 0.4) is 0 Å². The predicted octanol–water partition coefficient (Wildman–Crippen LogP) is 6.07. The molecule has 0 N–H and O–H groups in total. The predicted molar refractivity (Wildman–Crippen MR) is 102 cm³/mol. The zero-order valence-electron chi connectivity index (χ0n) is 15.1. The van der Waals surface area contributed by atoms with Crippen LogP contribution in [0.15, 0.2) is 48.5 Å². The van der Waals surface area contributed by atoms with Crippen LogP contribution in [0, 0.1) is 11.3 Å². The van der Waals surface area contributed by atoms with E-state index in [1.54, 1.807) is 0 Å². The third-order valence-corrected chi connectivity index (χ3v) is 5.23. The fourth-order valence-electron chi connectivity index (χ4n) is 3.60. The summed E-state index contributed by atoms with van der Waals surface area (Å²) in [7, 11) is 0. The molecule has 1 fully saturated rings. The summed E-state index contributed by atoms with van der Waals surface area (Å²) in [5.74, 6) is 0.525. The lowest BCUT2D eigenvalue weighted by Crippen LogP contribution is -2.24. The van der Waals surface area contributed by atoms with Crippen LogP contribution in [0.5, 0.6) is 0 Å². The van der Waals surface area contributed by atoms with Crippen LogP contribution in [-0.4, -0.2) is 12.7 Å². The lowest BCUT2D eigenvalue weighted by Gasteiger charge is -2.29. The van der Waals surface area contributed by atoms with Crippen molar-refractivity contribution >= 4 is 0 Å². The Bertz CT molecular complexity index is 688. The molecule has 25 heavy (non-hydrogen) atoms. The molecule has 1 aliphatic rings. The lowest BCUT2D eigenvalue weighted by atomic mass is 9.89. The van der Waals surface area contributed by atoms with E-state index in [1.807, 2.05) is 24.3 Å². The Labute approximate surface area is 151 Å². The van der Waals surface area contributed by atoms with Crippen molar-refractivity contribution in [2.45, 2.75) is 57.5 Å². The van der Waals surface area contributed by atoms with Crippen molar-refractivity contribution in [3.63, 3.8) is 0 Å². The minimum Gasteiger partial charge on any atom is -0.378 e. The smallest absolute Gasteiger partial charge is 0.0991 e. The second-order valence-corrected chi connectivity index (χ2v) is 7.04. The van der Waals surface area contributed by atoms with Crippen LogP contribution in [0.4, 0.5) is 0 Å². The first kappa shape index (κ1) is 17.7. The number of ether oxygens (including phenoxy) is 1. The van der Waals surface area contributed by atoms with Crippen LogP contribution in [0.25, 0.3) is 11.1 Å². The first-order valence-electron chi connectivity index (χ1n) is 9.52. The first-order valence-corrected chi connectivity index (χ1v) is 9.52. The Kier molecular flexibility index (Phi) is 6.25. The molecule has 2 unspecified atom stereocenters. The summed E-state index contributed by atoms with van der Waals surface area (Å²) in [5.41, 5.74) is 4.43. The molecule has 0 amide bonds. The molecule has 0 radical (unpaired) electrons. The molecule has 1 saturated heterocycles. The second kappa shape index (κ2) is 8.83. The monoisotopic (exact) mass is 333 g/mol. The summed E-state index contributed by atoms with van der Waals surface area (Å²) < 4.78 is 6.10. The Balaban J connectivity index is 1.57. The number of rotatable bonds is 6. The molecular formula is C23H27NO. The van der Waals surface area contributed by atoms with E-state index in [0.29, 0.717) is 17.6 Å². The molecule has 1 heterocycles. The van der Waals surface area contributed by atoms with E-state index in [1.165, 1.54) is 49.7 Å². The van der Waals surface area contributed by atoms with Crippen molar-refractivity contribution in [3.05, 3.63) is 59.7 Å². The molecule has 3 rings (SSSR count). The third kappa shape index (κ3) is 4.71. The van der Waals surface area contributed by atoms with Gasteiger partial charge in [0.2, 0.25) is 0 Å². The summed E-state index contributed by atoms with van der Waals surface area (Å²) in [4.78, 5) is 0. The van der Waals surface area contributed by atoms with E-state index in [2.05, 4.69) is 37.3 Å². The summed E-state index contributed by atoms with van der Waals surface area (Å²) in [6, 6.07) is 18.8. The van der Waals surface area contributed by atoms with Gasteiger partial charge in [-0.1, -0.05) is 62.6 Å². The van der Waals surface area contributed by atoms with Crippen LogP contribution < -0.4 is 0 Å². The van der Waals surface area contributed by atoms with Gasteiger partial charge in [0.1, 0.15) is 0 Å². The summed E-state index contributed by atoms with van der Waals surface area (Å²) in [6.07, 6.45) is 8.00. The minimum atomic E-state index is 0.473. The molecule has 130 valence electrons. The molecule has 2 aromatic rings. The molecule has 0 aliphatic carbocycles. The van der Waals surface area contributed by atoms with Crippen molar-refractivity contribution in [3.8, 4) is 17.2 Å². The average molecular weight is 333 g/mol. The molecule has 2 heteroatoms.